The molecule has 0 spiro atoms. The van der Waals surface area contributed by atoms with Gasteiger partial charge in [0, 0.05) is 49.9 Å². The number of benzene rings is 2. The highest BCUT2D eigenvalue weighted by atomic mass is 35.5. The molecule has 1 heterocycles. The summed E-state index contributed by atoms with van der Waals surface area (Å²) in [5.74, 6) is -0.414. The number of rotatable bonds is 5. The number of carbonyl (C=O) groups excluding carboxylic acids is 1. The number of amides is 1. The smallest absolute Gasteiger partial charge is 0.225 e. The molecule has 0 bridgehead atoms. The van der Waals surface area contributed by atoms with E-state index < -0.39 is 0 Å². The normalized spacial score (nSPS) is 14.6. The van der Waals surface area contributed by atoms with E-state index in [0.29, 0.717) is 42.3 Å². The number of hydrogen-bond acceptors (Lipinski definition) is 4. The zero-order valence-electron chi connectivity index (χ0n) is 14.8. The topological polar surface area (TPSA) is 59.4 Å². The van der Waals surface area contributed by atoms with Crippen molar-refractivity contribution >= 4 is 28.9 Å². The van der Waals surface area contributed by atoms with E-state index in [1.165, 1.54) is 6.07 Å². The summed E-state index contributed by atoms with van der Waals surface area (Å²) >= 11 is 5.83. The van der Waals surface area contributed by atoms with Crippen LogP contribution in [0.3, 0.4) is 0 Å². The predicted octanol–water partition coefficient (Wildman–Crippen LogP) is 3.50. The van der Waals surface area contributed by atoms with Crippen molar-refractivity contribution in [3.63, 3.8) is 0 Å². The second-order valence-electron chi connectivity index (χ2n) is 6.41. The lowest BCUT2D eigenvalue weighted by Gasteiger charge is -2.36. The van der Waals surface area contributed by atoms with Crippen LogP contribution in [-0.2, 0) is 4.79 Å². The van der Waals surface area contributed by atoms with E-state index in [1.54, 1.807) is 36.4 Å². The minimum Gasteiger partial charge on any atom is -0.367 e. The van der Waals surface area contributed by atoms with Gasteiger partial charge in [0.25, 0.3) is 0 Å². The summed E-state index contributed by atoms with van der Waals surface area (Å²) in [5, 5.41) is 12.3. The molecule has 0 aliphatic carbocycles. The highest BCUT2D eigenvalue weighted by Gasteiger charge is 2.20. The predicted molar refractivity (Wildman–Crippen MR) is 104 cm³/mol. The van der Waals surface area contributed by atoms with Crippen LogP contribution in [0.5, 0.6) is 0 Å². The zero-order chi connectivity index (χ0) is 19.2. The molecule has 2 aromatic rings. The van der Waals surface area contributed by atoms with Gasteiger partial charge < -0.3 is 10.2 Å². The molecule has 27 heavy (non-hydrogen) atoms. The lowest BCUT2D eigenvalue weighted by Crippen LogP contribution is -2.47. The third-order valence-corrected chi connectivity index (χ3v) is 4.82. The fourth-order valence-electron chi connectivity index (χ4n) is 3.06. The second kappa shape index (κ2) is 8.85. The molecular formula is C20H20ClFN4O. The zero-order valence-corrected chi connectivity index (χ0v) is 15.5. The number of halogens is 2. The maximum atomic E-state index is 14.1. The quantitative estimate of drug-likeness (QED) is 0.854. The van der Waals surface area contributed by atoms with Crippen molar-refractivity contribution in [1.29, 1.82) is 5.26 Å². The molecule has 3 rings (SSSR count). The molecule has 1 aliphatic rings. The summed E-state index contributed by atoms with van der Waals surface area (Å²) in [6.45, 7) is 3.54. The summed E-state index contributed by atoms with van der Waals surface area (Å²) < 4.78 is 14.1. The van der Waals surface area contributed by atoms with Crippen molar-refractivity contribution < 1.29 is 9.18 Å². The molecule has 0 radical (unpaired) electrons. The van der Waals surface area contributed by atoms with Crippen LogP contribution < -0.4 is 10.2 Å². The van der Waals surface area contributed by atoms with Crippen LogP contribution in [0.2, 0.25) is 5.02 Å². The fourth-order valence-corrected chi connectivity index (χ4v) is 3.19. The lowest BCUT2D eigenvalue weighted by atomic mass is 10.1. The molecule has 140 valence electrons. The Hall–Kier alpha value is -2.62. The van der Waals surface area contributed by atoms with Crippen LogP contribution in [-0.4, -0.2) is 43.5 Å². The van der Waals surface area contributed by atoms with Crippen LogP contribution in [0.25, 0.3) is 0 Å². The Morgan fingerprint density at radius 1 is 1.15 bits per heavy atom. The van der Waals surface area contributed by atoms with Gasteiger partial charge in [-0.3, -0.25) is 9.69 Å². The average Bonchev–Trinajstić information content (AvgIpc) is 2.68. The molecule has 1 fully saturated rings. The first kappa shape index (κ1) is 19.2. The number of nitriles is 1. The van der Waals surface area contributed by atoms with Crippen molar-refractivity contribution in [1.82, 2.24) is 4.90 Å². The monoisotopic (exact) mass is 386 g/mol. The number of nitrogens with zero attached hydrogens (tertiary/aromatic N) is 3. The van der Waals surface area contributed by atoms with Crippen LogP contribution >= 0.6 is 11.6 Å². The first-order valence-corrected chi connectivity index (χ1v) is 9.15. The SMILES string of the molecule is N#Cc1ccc(N2CCN(CCC(=O)Nc3ccc(Cl)cc3)CC2)c(F)c1. The maximum absolute atomic E-state index is 14.1. The lowest BCUT2D eigenvalue weighted by molar-refractivity contribution is -0.116. The summed E-state index contributed by atoms with van der Waals surface area (Å²) in [6, 6.07) is 13.5. The van der Waals surface area contributed by atoms with E-state index in [4.69, 9.17) is 16.9 Å². The first-order valence-electron chi connectivity index (χ1n) is 8.77. The first-order chi connectivity index (χ1) is 13.0. The van der Waals surface area contributed by atoms with E-state index in [0.717, 1.165) is 18.8 Å². The van der Waals surface area contributed by atoms with Gasteiger partial charge in [-0.05, 0) is 42.5 Å². The van der Waals surface area contributed by atoms with Crippen molar-refractivity contribution in [3.05, 3.63) is 58.9 Å². The van der Waals surface area contributed by atoms with E-state index >= 15 is 0 Å². The standard InChI is InChI=1S/C20H20ClFN4O/c21-16-2-4-17(5-3-16)24-20(27)7-8-25-9-11-26(12-10-25)19-6-1-15(14-23)13-18(19)22/h1-6,13H,7-12H2,(H,24,27). The Balaban J connectivity index is 1.45. The molecule has 1 saturated heterocycles. The Morgan fingerprint density at radius 2 is 1.85 bits per heavy atom. The van der Waals surface area contributed by atoms with E-state index in [9.17, 15) is 9.18 Å². The minimum atomic E-state index is -0.371. The number of carbonyl (C=O) groups is 1. The van der Waals surface area contributed by atoms with Crippen LogP contribution in [0.15, 0.2) is 42.5 Å². The van der Waals surface area contributed by atoms with Gasteiger partial charge in [-0.25, -0.2) is 4.39 Å². The Morgan fingerprint density at radius 3 is 2.48 bits per heavy atom. The number of piperazine rings is 1. The molecule has 0 atom stereocenters. The summed E-state index contributed by atoms with van der Waals surface area (Å²) in [4.78, 5) is 16.2. The molecule has 5 nitrogen and oxygen atoms in total. The van der Waals surface area contributed by atoms with Crippen molar-refractivity contribution in [2.75, 3.05) is 42.9 Å². The Labute approximate surface area is 162 Å². The highest BCUT2D eigenvalue weighted by Crippen LogP contribution is 2.22. The third kappa shape index (κ3) is 5.19. The summed E-state index contributed by atoms with van der Waals surface area (Å²) in [7, 11) is 0. The van der Waals surface area contributed by atoms with E-state index in [2.05, 4.69) is 10.2 Å². The van der Waals surface area contributed by atoms with Crippen LogP contribution in [0, 0.1) is 17.1 Å². The molecule has 0 unspecified atom stereocenters. The number of nitrogens with one attached hydrogen (secondary N) is 1. The van der Waals surface area contributed by atoms with Crippen molar-refractivity contribution in [2.24, 2.45) is 0 Å². The number of anilines is 2. The van der Waals surface area contributed by atoms with Gasteiger partial charge in [-0.2, -0.15) is 5.26 Å². The van der Waals surface area contributed by atoms with Crippen LogP contribution in [0.4, 0.5) is 15.8 Å². The van der Waals surface area contributed by atoms with Crippen molar-refractivity contribution in [3.8, 4) is 6.07 Å². The molecule has 1 amide bonds. The molecule has 0 aromatic heterocycles. The largest absolute Gasteiger partial charge is 0.367 e. The van der Waals surface area contributed by atoms with Gasteiger partial charge >= 0.3 is 0 Å². The molecular weight excluding hydrogens is 367 g/mol. The molecule has 1 aliphatic heterocycles. The van der Waals surface area contributed by atoms with Gasteiger partial charge in [-0.15, -0.1) is 0 Å². The third-order valence-electron chi connectivity index (χ3n) is 4.57. The van der Waals surface area contributed by atoms with Gasteiger partial charge in [0.2, 0.25) is 5.91 Å². The molecule has 1 N–H and O–H groups in total. The maximum Gasteiger partial charge on any atom is 0.225 e. The minimum absolute atomic E-state index is 0.0436. The number of hydrogen-bond donors (Lipinski definition) is 1. The summed E-state index contributed by atoms with van der Waals surface area (Å²) in [6.07, 6.45) is 0.397. The van der Waals surface area contributed by atoms with Gasteiger partial charge in [0.15, 0.2) is 0 Å². The Kier molecular flexibility index (Phi) is 6.28. The average molecular weight is 387 g/mol. The van der Waals surface area contributed by atoms with E-state index in [1.807, 2.05) is 11.0 Å². The van der Waals surface area contributed by atoms with Crippen LogP contribution in [0.1, 0.15) is 12.0 Å². The van der Waals surface area contributed by atoms with Gasteiger partial charge in [-0.1, -0.05) is 11.6 Å². The van der Waals surface area contributed by atoms with E-state index in [-0.39, 0.29) is 11.7 Å². The molecule has 2 aromatic carbocycles. The van der Waals surface area contributed by atoms with Crippen molar-refractivity contribution in [2.45, 2.75) is 6.42 Å². The van der Waals surface area contributed by atoms with Gasteiger partial charge in [0.1, 0.15) is 5.82 Å². The molecule has 7 heteroatoms. The summed E-state index contributed by atoms with van der Waals surface area (Å²) in [5.41, 5.74) is 1.57. The highest BCUT2D eigenvalue weighted by molar-refractivity contribution is 6.30. The second-order valence-corrected chi connectivity index (χ2v) is 6.85. The molecule has 0 saturated carbocycles. The fraction of sp³-hybridized carbons (Fsp3) is 0.300. The van der Waals surface area contributed by atoms with Gasteiger partial charge in [0.05, 0.1) is 17.3 Å². The Bertz CT molecular complexity index is 842.